The number of hydrogen-bond acceptors (Lipinski definition) is 5. The van der Waals surface area contributed by atoms with Crippen LogP contribution in [0.25, 0.3) is 0 Å². The Morgan fingerprint density at radius 2 is 2.14 bits per heavy atom. The van der Waals surface area contributed by atoms with Gasteiger partial charge < -0.3 is 26.0 Å². The number of anilines is 1. The fraction of sp³-hybridized carbons (Fsp3) is 0.400. The molecule has 0 aliphatic carbocycles. The molecule has 1 fully saturated rings. The molecular formula is C20H26N4O3S. The van der Waals surface area contributed by atoms with Gasteiger partial charge in [0, 0.05) is 24.0 Å². The molecule has 2 unspecified atom stereocenters. The summed E-state index contributed by atoms with van der Waals surface area (Å²) in [6, 6.07) is 10.7. The number of piperidine rings is 1. The number of para-hydroxylation sites is 2. The minimum absolute atomic E-state index is 0.0451. The van der Waals surface area contributed by atoms with Gasteiger partial charge in [-0.2, -0.15) is 0 Å². The number of nitrogens with one attached hydrogen (secondary N) is 2. The molecule has 2 atom stereocenters. The van der Waals surface area contributed by atoms with Crippen molar-refractivity contribution in [3.63, 3.8) is 0 Å². The molecule has 0 saturated carbocycles. The minimum atomic E-state index is -0.633. The van der Waals surface area contributed by atoms with Crippen molar-refractivity contribution in [2.24, 2.45) is 5.73 Å². The maximum Gasteiger partial charge on any atom is 0.312 e. The lowest BCUT2D eigenvalue weighted by atomic mass is 10.0. The summed E-state index contributed by atoms with van der Waals surface area (Å²) in [4.78, 5) is 27.1. The van der Waals surface area contributed by atoms with Crippen LogP contribution in [0.3, 0.4) is 0 Å². The molecule has 8 heteroatoms. The molecule has 1 saturated heterocycles. The smallest absolute Gasteiger partial charge is 0.312 e. The van der Waals surface area contributed by atoms with E-state index < -0.39 is 12.1 Å². The molecule has 150 valence electrons. The van der Waals surface area contributed by atoms with Gasteiger partial charge >= 0.3 is 6.03 Å². The number of nitrogens with zero attached hydrogens (tertiary/aromatic N) is 1. The summed E-state index contributed by atoms with van der Waals surface area (Å²) in [5.41, 5.74) is 6.31. The monoisotopic (exact) mass is 402 g/mol. The number of urea groups is 1. The fourth-order valence-corrected chi connectivity index (χ4v) is 4.34. The average molecular weight is 403 g/mol. The zero-order valence-corrected chi connectivity index (χ0v) is 16.7. The van der Waals surface area contributed by atoms with E-state index in [2.05, 4.69) is 15.5 Å². The molecule has 1 aromatic heterocycles. The molecule has 28 heavy (non-hydrogen) atoms. The Labute approximate surface area is 168 Å². The van der Waals surface area contributed by atoms with Crippen molar-refractivity contribution in [2.45, 2.75) is 31.3 Å². The quantitative estimate of drug-likeness (QED) is 0.663. The van der Waals surface area contributed by atoms with Gasteiger partial charge in [-0.3, -0.25) is 4.79 Å². The summed E-state index contributed by atoms with van der Waals surface area (Å²) in [5, 5.41) is 7.69. The number of hydrogen-bond donors (Lipinski definition) is 3. The largest absolute Gasteiger partial charge is 0.495 e. The summed E-state index contributed by atoms with van der Waals surface area (Å²) >= 11 is 1.49. The molecule has 2 aromatic rings. The van der Waals surface area contributed by atoms with E-state index in [-0.39, 0.29) is 18.4 Å². The van der Waals surface area contributed by atoms with E-state index in [1.807, 2.05) is 41.8 Å². The van der Waals surface area contributed by atoms with Crippen molar-refractivity contribution in [2.75, 3.05) is 25.1 Å². The number of thiophene rings is 1. The van der Waals surface area contributed by atoms with Crippen molar-refractivity contribution >= 4 is 29.0 Å². The Balaban J connectivity index is 1.61. The summed E-state index contributed by atoms with van der Waals surface area (Å²) in [6.07, 6.45) is 2.07. The number of benzene rings is 1. The summed E-state index contributed by atoms with van der Waals surface area (Å²) in [6.45, 7) is 1.65. The highest BCUT2D eigenvalue weighted by atomic mass is 32.1. The second kappa shape index (κ2) is 9.45. The van der Waals surface area contributed by atoms with E-state index in [9.17, 15) is 9.59 Å². The van der Waals surface area contributed by atoms with Gasteiger partial charge in [-0.05, 0) is 36.4 Å². The van der Waals surface area contributed by atoms with E-state index in [1.54, 1.807) is 7.11 Å². The average Bonchev–Trinajstić information content (AvgIpc) is 3.22. The molecule has 1 aliphatic rings. The van der Waals surface area contributed by atoms with Crippen LogP contribution in [-0.2, 0) is 4.79 Å². The number of ether oxygens (including phenoxy) is 1. The number of amides is 3. The molecule has 1 aliphatic heterocycles. The van der Waals surface area contributed by atoms with E-state index in [4.69, 9.17) is 10.5 Å². The lowest BCUT2D eigenvalue weighted by Crippen LogP contribution is -2.48. The van der Waals surface area contributed by atoms with Crippen LogP contribution in [0.2, 0.25) is 0 Å². The maximum absolute atomic E-state index is 12.6. The fourth-order valence-electron chi connectivity index (χ4n) is 3.56. The summed E-state index contributed by atoms with van der Waals surface area (Å²) in [5.74, 6) is 0.733. The van der Waals surface area contributed by atoms with Crippen molar-refractivity contribution in [1.29, 1.82) is 0 Å². The third-order valence-corrected chi connectivity index (χ3v) is 5.79. The predicted molar refractivity (Wildman–Crippen MR) is 111 cm³/mol. The molecule has 0 spiro atoms. The Morgan fingerprint density at radius 3 is 2.86 bits per heavy atom. The third kappa shape index (κ3) is 5.16. The molecule has 3 amide bonds. The van der Waals surface area contributed by atoms with Crippen LogP contribution in [0.15, 0.2) is 41.8 Å². The Kier molecular flexibility index (Phi) is 6.76. The van der Waals surface area contributed by atoms with Gasteiger partial charge in [0.25, 0.3) is 0 Å². The first-order chi connectivity index (χ1) is 13.6. The topological polar surface area (TPSA) is 96.7 Å². The first-order valence-electron chi connectivity index (χ1n) is 9.33. The second-order valence-corrected chi connectivity index (χ2v) is 7.78. The SMILES string of the molecule is COc1ccccc1N1CCCC(NC(=O)CC(NC(N)=O)c2cccs2)C1. The van der Waals surface area contributed by atoms with Gasteiger partial charge in [0.05, 0.1) is 25.3 Å². The number of carbonyl (C=O) groups excluding carboxylic acids is 2. The van der Waals surface area contributed by atoms with Crippen LogP contribution in [0.1, 0.15) is 30.2 Å². The van der Waals surface area contributed by atoms with Gasteiger partial charge in [0.15, 0.2) is 0 Å². The van der Waals surface area contributed by atoms with E-state index in [0.717, 1.165) is 42.2 Å². The van der Waals surface area contributed by atoms with Crippen LogP contribution in [0.4, 0.5) is 10.5 Å². The van der Waals surface area contributed by atoms with Gasteiger partial charge in [0.2, 0.25) is 5.91 Å². The van der Waals surface area contributed by atoms with Gasteiger partial charge in [0.1, 0.15) is 5.75 Å². The van der Waals surface area contributed by atoms with Crippen LogP contribution < -0.4 is 26.0 Å². The number of methoxy groups -OCH3 is 1. The molecule has 2 heterocycles. The predicted octanol–water partition coefficient (Wildman–Crippen LogP) is 2.64. The molecule has 3 rings (SSSR count). The zero-order valence-electron chi connectivity index (χ0n) is 15.9. The highest BCUT2D eigenvalue weighted by molar-refractivity contribution is 7.10. The van der Waals surface area contributed by atoms with Crippen molar-refractivity contribution < 1.29 is 14.3 Å². The Hall–Kier alpha value is -2.74. The molecule has 7 nitrogen and oxygen atoms in total. The van der Waals surface area contributed by atoms with Crippen LogP contribution in [0, 0.1) is 0 Å². The minimum Gasteiger partial charge on any atom is -0.495 e. The lowest BCUT2D eigenvalue weighted by Gasteiger charge is -2.35. The van der Waals surface area contributed by atoms with E-state index in [1.165, 1.54) is 11.3 Å². The van der Waals surface area contributed by atoms with E-state index >= 15 is 0 Å². The van der Waals surface area contributed by atoms with Crippen molar-refractivity contribution in [1.82, 2.24) is 10.6 Å². The van der Waals surface area contributed by atoms with Gasteiger partial charge in [-0.15, -0.1) is 11.3 Å². The normalized spacial score (nSPS) is 17.6. The van der Waals surface area contributed by atoms with Gasteiger partial charge in [-0.1, -0.05) is 18.2 Å². The highest BCUT2D eigenvalue weighted by Gasteiger charge is 2.25. The Morgan fingerprint density at radius 1 is 1.32 bits per heavy atom. The Bertz CT molecular complexity index is 797. The molecule has 0 bridgehead atoms. The first-order valence-corrected chi connectivity index (χ1v) is 10.2. The van der Waals surface area contributed by atoms with Crippen molar-refractivity contribution in [3.8, 4) is 5.75 Å². The highest BCUT2D eigenvalue weighted by Crippen LogP contribution is 2.30. The van der Waals surface area contributed by atoms with Gasteiger partial charge in [-0.25, -0.2) is 4.79 Å². The standard InChI is InChI=1S/C20H26N4O3S/c1-27-17-8-3-2-7-16(17)24-10-4-6-14(13-24)22-19(25)12-15(23-20(21)26)18-9-5-11-28-18/h2-3,5,7-9,11,14-15H,4,6,10,12-13H2,1H3,(H,22,25)(H3,21,23,26). The molecular weight excluding hydrogens is 376 g/mol. The number of rotatable bonds is 7. The lowest BCUT2D eigenvalue weighted by molar-refractivity contribution is -0.122. The first kappa shape index (κ1) is 20.0. The molecule has 0 radical (unpaired) electrons. The van der Waals surface area contributed by atoms with Crippen LogP contribution in [-0.4, -0.2) is 38.2 Å². The van der Waals surface area contributed by atoms with Crippen LogP contribution >= 0.6 is 11.3 Å². The maximum atomic E-state index is 12.6. The van der Waals surface area contributed by atoms with Crippen LogP contribution in [0.5, 0.6) is 5.75 Å². The van der Waals surface area contributed by atoms with E-state index in [0.29, 0.717) is 0 Å². The van der Waals surface area contributed by atoms with Crippen molar-refractivity contribution in [3.05, 3.63) is 46.7 Å². The number of primary amides is 1. The number of nitrogens with two attached hydrogens (primary N) is 1. The summed E-state index contributed by atoms with van der Waals surface area (Å²) in [7, 11) is 1.67. The molecule has 4 N–H and O–H groups in total. The summed E-state index contributed by atoms with van der Waals surface area (Å²) < 4.78 is 5.47. The third-order valence-electron chi connectivity index (χ3n) is 4.80. The number of carbonyl (C=O) groups is 2. The second-order valence-electron chi connectivity index (χ2n) is 6.81. The molecule has 1 aromatic carbocycles. The zero-order chi connectivity index (χ0) is 19.9.